The summed E-state index contributed by atoms with van der Waals surface area (Å²) in [5.74, 6) is 0. The molecule has 1 fully saturated rings. The second-order valence-corrected chi connectivity index (χ2v) is 4.37. The lowest BCUT2D eigenvalue weighted by Gasteiger charge is -2.20. The van der Waals surface area contributed by atoms with Crippen molar-refractivity contribution in [3.05, 3.63) is 12.3 Å². The smallest absolute Gasteiger partial charge is 0.247 e. The molecule has 0 aromatic rings. The third-order valence-electron chi connectivity index (χ3n) is 1.79. The molecule has 1 rings (SSSR count). The molecule has 0 saturated carbocycles. The highest BCUT2D eigenvalue weighted by Crippen LogP contribution is 2.11. The molecule has 2 nitrogen and oxygen atoms in total. The highest BCUT2D eigenvalue weighted by atomic mass is 28.2. The van der Waals surface area contributed by atoms with Crippen LogP contribution in [-0.4, -0.2) is 22.1 Å². The molecule has 0 bridgehead atoms. The van der Waals surface area contributed by atoms with Gasteiger partial charge in [0.2, 0.25) is 9.76 Å². The first-order chi connectivity index (χ1) is 5.43. The Kier molecular flexibility index (Phi) is 4.31. The Morgan fingerprint density at radius 1 is 1.55 bits per heavy atom. The second kappa shape index (κ2) is 5.38. The number of hydrogen-bond acceptors (Lipinski definition) is 2. The Morgan fingerprint density at radius 3 is 3.09 bits per heavy atom. The van der Waals surface area contributed by atoms with Crippen LogP contribution in [0.5, 0.6) is 0 Å². The summed E-state index contributed by atoms with van der Waals surface area (Å²) in [7, 11) is -0.454. The van der Waals surface area contributed by atoms with Gasteiger partial charge in [-0.2, -0.15) is 0 Å². The van der Waals surface area contributed by atoms with Gasteiger partial charge in [-0.25, -0.2) is 0 Å². The second-order valence-electron chi connectivity index (χ2n) is 2.79. The molecule has 0 radical (unpaired) electrons. The van der Waals surface area contributed by atoms with E-state index in [1.54, 1.807) is 6.26 Å². The number of hydrogen-bond donors (Lipinski definition) is 0. The molecular formula is C8H16O2Si. The summed E-state index contributed by atoms with van der Waals surface area (Å²) < 4.78 is 10.9. The third-order valence-corrected chi connectivity index (χ3v) is 3.19. The van der Waals surface area contributed by atoms with Gasteiger partial charge in [-0.05, 0) is 26.2 Å². The number of ether oxygens (including phenoxy) is 1. The summed E-state index contributed by atoms with van der Waals surface area (Å²) in [6, 6.07) is 0. The van der Waals surface area contributed by atoms with E-state index in [-0.39, 0.29) is 0 Å². The van der Waals surface area contributed by atoms with Crippen LogP contribution < -0.4 is 0 Å². The predicted octanol–water partition coefficient (Wildman–Crippen LogP) is 1.15. The fourth-order valence-corrected chi connectivity index (χ4v) is 2.43. The highest BCUT2D eigenvalue weighted by Gasteiger charge is 2.14. The van der Waals surface area contributed by atoms with Crippen LogP contribution in [0.25, 0.3) is 0 Å². The van der Waals surface area contributed by atoms with Crippen LogP contribution in [0.15, 0.2) is 12.3 Å². The quantitative estimate of drug-likeness (QED) is 0.469. The summed E-state index contributed by atoms with van der Waals surface area (Å²) in [6.07, 6.45) is 7.47. The monoisotopic (exact) mass is 172 g/mol. The van der Waals surface area contributed by atoms with Crippen molar-refractivity contribution in [2.45, 2.75) is 31.9 Å². The molecule has 0 amide bonds. The first-order valence-electron chi connectivity index (χ1n) is 4.28. The molecule has 1 aliphatic heterocycles. The van der Waals surface area contributed by atoms with E-state index in [9.17, 15) is 0 Å². The van der Waals surface area contributed by atoms with E-state index in [1.165, 1.54) is 19.3 Å². The Bertz CT molecular complexity index is 119. The van der Waals surface area contributed by atoms with Gasteiger partial charge in [0.1, 0.15) is 0 Å². The Balaban J connectivity index is 2.04. The van der Waals surface area contributed by atoms with Crippen molar-refractivity contribution in [1.82, 2.24) is 0 Å². The maximum atomic E-state index is 5.53. The molecule has 0 aromatic carbocycles. The zero-order chi connectivity index (χ0) is 7.94. The lowest BCUT2D eigenvalue weighted by Crippen LogP contribution is -2.26. The molecular weight excluding hydrogens is 156 g/mol. The molecule has 0 aliphatic carbocycles. The van der Waals surface area contributed by atoms with Crippen molar-refractivity contribution in [2.24, 2.45) is 0 Å². The Hall–Kier alpha value is -0.283. The van der Waals surface area contributed by atoms with Crippen LogP contribution in [0.3, 0.4) is 0 Å². The van der Waals surface area contributed by atoms with Crippen LogP contribution in [-0.2, 0) is 9.16 Å². The van der Waals surface area contributed by atoms with E-state index in [0.717, 1.165) is 6.61 Å². The molecule has 0 spiro atoms. The molecule has 1 unspecified atom stereocenters. The number of allylic oxidation sites excluding steroid dienone is 1. The van der Waals surface area contributed by atoms with Crippen LogP contribution in [0.4, 0.5) is 0 Å². The lowest BCUT2D eigenvalue weighted by atomic mass is 10.2. The largest absolute Gasteiger partial charge is 0.552 e. The minimum atomic E-state index is -0.454. The zero-order valence-electron chi connectivity index (χ0n) is 7.08. The lowest BCUT2D eigenvalue weighted by molar-refractivity contribution is 0.0584. The van der Waals surface area contributed by atoms with Crippen LogP contribution >= 0.6 is 0 Å². The van der Waals surface area contributed by atoms with Gasteiger partial charge in [-0.1, -0.05) is 6.08 Å². The van der Waals surface area contributed by atoms with E-state index in [2.05, 4.69) is 0 Å². The minimum Gasteiger partial charge on any atom is -0.552 e. The van der Waals surface area contributed by atoms with Crippen molar-refractivity contribution in [3.8, 4) is 0 Å². The van der Waals surface area contributed by atoms with Gasteiger partial charge in [0.15, 0.2) is 0 Å². The van der Waals surface area contributed by atoms with Crippen LogP contribution in [0.1, 0.15) is 26.2 Å². The van der Waals surface area contributed by atoms with E-state index < -0.39 is 9.76 Å². The van der Waals surface area contributed by atoms with Gasteiger partial charge in [0, 0.05) is 6.61 Å². The Morgan fingerprint density at radius 2 is 2.45 bits per heavy atom. The summed E-state index contributed by atoms with van der Waals surface area (Å²) in [5, 5.41) is 0. The first kappa shape index (κ1) is 8.81. The maximum absolute atomic E-state index is 5.53. The molecule has 1 aliphatic rings. The molecule has 1 saturated heterocycles. The van der Waals surface area contributed by atoms with E-state index >= 15 is 0 Å². The van der Waals surface area contributed by atoms with Gasteiger partial charge in [-0.3, -0.25) is 0 Å². The minimum absolute atomic E-state index is 0.454. The van der Waals surface area contributed by atoms with E-state index in [1.807, 2.05) is 13.0 Å². The Labute approximate surface area is 70.5 Å². The highest BCUT2D eigenvalue weighted by molar-refractivity contribution is 6.29. The standard InChI is InChI=1S/C8H16O2Si/c1-2-6-10-11-8-5-3-4-7-9-8/h2,6,8H,3-5,7,11H2,1H3. The van der Waals surface area contributed by atoms with Crippen molar-refractivity contribution >= 4 is 9.76 Å². The van der Waals surface area contributed by atoms with Gasteiger partial charge < -0.3 is 9.16 Å². The molecule has 0 aromatic heterocycles. The zero-order valence-corrected chi connectivity index (χ0v) is 8.50. The topological polar surface area (TPSA) is 18.5 Å². The summed E-state index contributed by atoms with van der Waals surface area (Å²) in [4.78, 5) is 0. The average Bonchev–Trinajstić information content (AvgIpc) is 2.07. The van der Waals surface area contributed by atoms with Gasteiger partial charge in [0.25, 0.3) is 0 Å². The fourth-order valence-electron chi connectivity index (χ4n) is 1.20. The molecule has 0 N–H and O–H groups in total. The molecule has 3 heteroatoms. The summed E-state index contributed by atoms with van der Waals surface area (Å²) in [6.45, 7) is 2.91. The number of rotatable bonds is 3. The molecule has 1 heterocycles. The van der Waals surface area contributed by atoms with E-state index in [0.29, 0.717) is 5.73 Å². The summed E-state index contributed by atoms with van der Waals surface area (Å²) >= 11 is 0. The SMILES string of the molecule is CC=CO[SiH2]C1CCCCO1. The van der Waals surface area contributed by atoms with Crippen molar-refractivity contribution in [3.63, 3.8) is 0 Å². The predicted molar refractivity (Wildman–Crippen MR) is 48.0 cm³/mol. The van der Waals surface area contributed by atoms with Gasteiger partial charge in [0.05, 0.1) is 12.0 Å². The van der Waals surface area contributed by atoms with Crippen molar-refractivity contribution < 1.29 is 9.16 Å². The molecule has 11 heavy (non-hydrogen) atoms. The fraction of sp³-hybridized carbons (Fsp3) is 0.750. The first-order valence-corrected chi connectivity index (χ1v) is 5.67. The van der Waals surface area contributed by atoms with Gasteiger partial charge in [-0.15, -0.1) is 0 Å². The van der Waals surface area contributed by atoms with Crippen LogP contribution in [0.2, 0.25) is 0 Å². The average molecular weight is 172 g/mol. The van der Waals surface area contributed by atoms with Crippen molar-refractivity contribution in [1.29, 1.82) is 0 Å². The summed E-state index contributed by atoms with van der Waals surface area (Å²) in [5.41, 5.74) is 0.472. The van der Waals surface area contributed by atoms with Crippen molar-refractivity contribution in [2.75, 3.05) is 6.61 Å². The molecule has 1 atom stereocenters. The molecule has 64 valence electrons. The third kappa shape index (κ3) is 3.58. The van der Waals surface area contributed by atoms with Gasteiger partial charge >= 0.3 is 0 Å². The normalized spacial score (nSPS) is 26.8. The van der Waals surface area contributed by atoms with E-state index in [4.69, 9.17) is 9.16 Å². The van der Waals surface area contributed by atoms with Crippen LogP contribution in [0, 0.1) is 0 Å². The maximum Gasteiger partial charge on any atom is 0.247 e.